The summed E-state index contributed by atoms with van der Waals surface area (Å²) in [7, 11) is 0. The first-order chi connectivity index (χ1) is 14.9. The van der Waals surface area contributed by atoms with E-state index < -0.39 is 5.97 Å². The maximum absolute atomic E-state index is 12.6. The van der Waals surface area contributed by atoms with E-state index in [0.717, 1.165) is 10.5 Å². The smallest absolute Gasteiger partial charge is 0.349 e. The molecule has 0 bridgehead atoms. The van der Waals surface area contributed by atoms with E-state index in [-0.39, 0.29) is 18.4 Å². The number of hydrogen-bond donors (Lipinski definition) is 0. The molecule has 31 heavy (non-hydrogen) atoms. The Hall–Kier alpha value is -3.93. The normalized spacial score (nSPS) is 12.8. The molecule has 6 heteroatoms. The quantitative estimate of drug-likeness (QED) is 0.334. The van der Waals surface area contributed by atoms with Gasteiger partial charge in [0, 0.05) is 0 Å². The lowest BCUT2D eigenvalue weighted by molar-refractivity contribution is -0.136. The number of esters is 1. The van der Waals surface area contributed by atoms with Crippen molar-refractivity contribution in [2.24, 2.45) is 0 Å². The van der Waals surface area contributed by atoms with Crippen LogP contribution in [0.5, 0.6) is 11.5 Å². The van der Waals surface area contributed by atoms with Crippen LogP contribution < -0.4 is 14.4 Å². The van der Waals surface area contributed by atoms with Crippen molar-refractivity contribution >= 4 is 23.5 Å². The zero-order valence-electron chi connectivity index (χ0n) is 17.2. The Labute approximate surface area is 180 Å². The zero-order chi connectivity index (χ0) is 22.0. The lowest BCUT2D eigenvalue weighted by atomic mass is 10.0. The van der Waals surface area contributed by atoms with Gasteiger partial charge < -0.3 is 9.47 Å². The average molecular weight is 415 g/mol. The molecular formula is C25H21NO5. The van der Waals surface area contributed by atoms with Gasteiger partial charge in [0.05, 0.1) is 16.8 Å². The van der Waals surface area contributed by atoms with Crippen LogP contribution in [0.15, 0.2) is 72.8 Å². The molecule has 0 radical (unpaired) electrons. The molecule has 0 fully saturated rings. The molecule has 0 aliphatic carbocycles. The molecule has 0 saturated heterocycles. The van der Waals surface area contributed by atoms with Gasteiger partial charge in [0.1, 0.15) is 11.5 Å². The van der Waals surface area contributed by atoms with E-state index >= 15 is 0 Å². The van der Waals surface area contributed by atoms with Gasteiger partial charge in [-0.25, -0.2) is 9.69 Å². The molecule has 4 rings (SSSR count). The third kappa shape index (κ3) is 4.19. The number of hydrogen-bond acceptors (Lipinski definition) is 5. The molecular weight excluding hydrogens is 394 g/mol. The van der Waals surface area contributed by atoms with Crippen LogP contribution in [-0.2, 0) is 4.79 Å². The maximum Gasteiger partial charge on any atom is 0.349 e. The van der Waals surface area contributed by atoms with Crippen molar-refractivity contribution in [1.29, 1.82) is 0 Å². The van der Waals surface area contributed by atoms with Gasteiger partial charge in [0.25, 0.3) is 11.8 Å². The summed E-state index contributed by atoms with van der Waals surface area (Å²) in [6, 6.07) is 20.5. The summed E-state index contributed by atoms with van der Waals surface area (Å²) in [5.41, 5.74) is 2.28. The molecule has 0 unspecified atom stereocenters. The predicted molar refractivity (Wildman–Crippen MR) is 116 cm³/mol. The highest BCUT2D eigenvalue weighted by Crippen LogP contribution is 2.29. The largest absolute Gasteiger partial charge is 0.482 e. The van der Waals surface area contributed by atoms with Crippen molar-refractivity contribution in [2.75, 3.05) is 11.5 Å². The number of carbonyl (C=O) groups is 3. The van der Waals surface area contributed by atoms with E-state index in [1.54, 1.807) is 42.5 Å². The molecule has 1 aliphatic heterocycles. The van der Waals surface area contributed by atoms with Crippen molar-refractivity contribution in [3.05, 3.63) is 89.5 Å². The Morgan fingerprint density at radius 2 is 1.48 bits per heavy atom. The first-order valence-corrected chi connectivity index (χ1v) is 9.95. The lowest BCUT2D eigenvalue weighted by Crippen LogP contribution is -2.29. The maximum atomic E-state index is 12.6. The average Bonchev–Trinajstić information content (AvgIpc) is 3.03. The van der Waals surface area contributed by atoms with Crippen LogP contribution in [0.3, 0.4) is 0 Å². The highest BCUT2D eigenvalue weighted by molar-refractivity contribution is 6.34. The Morgan fingerprint density at radius 3 is 2.10 bits per heavy atom. The SMILES string of the molecule is CC(C)c1cccc(OCC(=O)Oc2ccc(N3C(=O)c4ccccc4C3=O)cc2)c1. The third-order valence-electron chi connectivity index (χ3n) is 5.00. The Bertz CT molecular complexity index is 1120. The fourth-order valence-corrected chi connectivity index (χ4v) is 3.35. The van der Waals surface area contributed by atoms with Crippen molar-refractivity contribution in [3.63, 3.8) is 0 Å². The molecule has 3 aromatic rings. The van der Waals surface area contributed by atoms with Crippen molar-refractivity contribution < 1.29 is 23.9 Å². The molecule has 0 N–H and O–H groups in total. The molecule has 2 amide bonds. The van der Waals surface area contributed by atoms with Gasteiger partial charge >= 0.3 is 5.97 Å². The summed E-state index contributed by atoms with van der Waals surface area (Å²) in [4.78, 5) is 38.4. The van der Waals surface area contributed by atoms with Crippen molar-refractivity contribution in [3.8, 4) is 11.5 Å². The van der Waals surface area contributed by atoms with Crippen LogP contribution >= 0.6 is 0 Å². The lowest BCUT2D eigenvalue weighted by Gasteiger charge is -2.14. The fraction of sp³-hybridized carbons (Fsp3) is 0.160. The summed E-state index contributed by atoms with van der Waals surface area (Å²) in [5, 5.41) is 0. The molecule has 0 spiro atoms. The fourth-order valence-electron chi connectivity index (χ4n) is 3.35. The summed E-state index contributed by atoms with van der Waals surface area (Å²) >= 11 is 0. The monoisotopic (exact) mass is 415 g/mol. The van der Waals surface area contributed by atoms with E-state index in [1.165, 1.54) is 12.1 Å². The van der Waals surface area contributed by atoms with E-state index in [4.69, 9.17) is 9.47 Å². The van der Waals surface area contributed by atoms with Crippen molar-refractivity contribution in [1.82, 2.24) is 0 Å². The summed E-state index contributed by atoms with van der Waals surface area (Å²) < 4.78 is 10.8. The van der Waals surface area contributed by atoms with Crippen LogP contribution in [0, 0.1) is 0 Å². The molecule has 1 heterocycles. The summed E-state index contributed by atoms with van der Waals surface area (Å²) in [6.45, 7) is 3.93. The topological polar surface area (TPSA) is 72.9 Å². The second kappa shape index (κ2) is 8.44. The van der Waals surface area contributed by atoms with Gasteiger partial charge in [-0.3, -0.25) is 9.59 Å². The van der Waals surface area contributed by atoms with E-state index in [1.807, 2.05) is 18.2 Å². The molecule has 1 aliphatic rings. The highest BCUT2D eigenvalue weighted by atomic mass is 16.6. The van der Waals surface area contributed by atoms with E-state index in [0.29, 0.717) is 34.2 Å². The molecule has 156 valence electrons. The minimum Gasteiger partial charge on any atom is -0.482 e. The van der Waals surface area contributed by atoms with E-state index in [2.05, 4.69) is 13.8 Å². The van der Waals surface area contributed by atoms with Gasteiger partial charge in [-0.05, 0) is 60.0 Å². The van der Waals surface area contributed by atoms with Crippen LogP contribution in [0.1, 0.15) is 46.0 Å². The first-order valence-electron chi connectivity index (χ1n) is 9.95. The van der Waals surface area contributed by atoms with Gasteiger partial charge in [-0.1, -0.05) is 38.1 Å². The number of anilines is 1. The number of ether oxygens (including phenoxy) is 2. The molecule has 0 atom stereocenters. The molecule has 0 aromatic heterocycles. The number of imide groups is 1. The number of amides is 2. The second-order valence-electron chi connectivity index (χ2n) is 7.48. The predicted octanol–water partition coefficient (Wildman–Crippen LogP) is 4.60. The first kappa shape index (κ1) is 20.3. The summed E-state index contributed by atoms with van der Waals surface area (Å²) in [6.07, 6.45) is 0. The van der Waals surface area contributed by atoms with E-state index in [9.17, 15) is 14.4 Å². The number of rotatable bonds is 6. The number of nitrogens with zero attached hydrogens (tertiary/aromatic N) is 1. The standard InChI is InChI=1S/C25H21NO5/c1-16(2)17-6-5-7-20(14-17)30-15-23(27)31-19-12-10-18(11-13-19)26-24(28)21-8-3-4-9-22(21)25(26)29/h3-14,16H,15H2,1-2H3. The van der Waals surface area contributed by atoms with Crippen LogP contribution in [0.4, 0.5) is 5.69 Å². The molecule has 3 aromatic carbocycles. The van der Waals surface area contributed by atoms with Gasteiger partial charge in [0.15, 0.2) is 6.61 Å². The van der Waals surface area contributed by atoms with Crippen LogP contribution in [-0.4, -0.2) is 24.4 Å². The Morgan fingerprint density at radius 1 is 0.839 bits per heavy atom. The number of benzene rings is 3. The van der Waals surface area contributed by atoms with Gasteiger partial charge in [-0.15, -0.1) is 0 Å². The number of fused-ring (bicyclic) bond motifs is 1. The van der Waals surface area contributed by atoms with Crippen LogP contribution in [0.25, 0.3) is 0 Å². The van der Waals surface area contributed by atoms with Gasteiger partial charge in [0.2, 0.25) is 0 Å². The Kier molecular flexibility index (Phi) is 5.54. The summed E-state index contributed by atoms with van der Waals surface area (Å²) in [5.74, 6) is -0.0432. The molecule has 0 saturated carbocycles. The Balaban J connectivity index is 1.38. The third-order valence-corrected chi connectivity index (χ3v) is 5.00. The molecule has 6 nitrogen and oxygen atoms in total. The zero-order valence-corrected chi connectivity index (χ0v) is 17.2. The highest BCUT2D eigenvalue weighted by Gasteiger charge is 2.36. The van der Waals surface area contributed by atoms with Gasteiger partial charge in [-0.2, -0.15) is 0 Å². The number of carbonyl (C=O) groups excluding carboxylic acids is 3. The minimum atomic E-state index is -0.552. The van der Waals surface area contributed by atoms with Crippen LogP contribution in [0.2, 0.25) is 0 Å². The minimum absolute atomic E-state index is 0.234. The second-order valence-corrected chi connectivity index (χ2v) is 7.48. The van der Waals surface area contributed by atoms with Crippen molar-refractivity contribution in [2.45, 2.75) is 19.8 Å².